The number of furan rings is 1. The van der Waals surface area contributed by atoms with E-state index in [1.807, 2.05) is 35.2 Å². The van der Waals surface area contributed by atoms with E-state index in [9.17, 15) is 4.79 Å². The van der Waals surface area contributed by atoms with Crippen molar-refractivity contribution in [1.29, 1.82) is 0 Å². The van der Waals surface area contributed by atoms with Gasteiger partial charge in [-0.05, 0) is 24.1 Å². The lowest BCUT2D eigenvalue weighted by atomic mass is 10.1. The summed E-state index contributed by atoms with van der Waals surface area (Å²) in [4.78, 5) is 26.6. The van der Waals surface area contributed by atoms with Gasteiger partial charge in [-0.25, -0.2) is 9.97 Å². The molecule has 0 aliphatic carbocycles. The number of amides is 1. The van der Waals surface area contributed by atoms with Gasteiger partial charge < -0.3 is 9.32 Å². The summed E-state index contributed by atoms with van der Waals surface area (Å²) < 4.78 is 6.11. The highest BCUT2D eigenvalue weighted by Crippen LogP contribution is 2.32. The predicted octanol–water partition coefficient (Wildman–Crippen LogP) is 4.86. The molecule has 0 N–H and O–H groups in total. The zero-order chi connectivity index (χ0) is 22.5. The number of carbonyl (C=O) groups excluding carboxylic acids is 1. The summed E-state index contributed by atoms with van der Waals surface area (Å²) in [6.07, 6.45) is 4.40. The SMILES string of the molecule is O=C(c1oc2ccccc2c1CSc1ncccn1)N1CCCN(Cc2ccccc2)CC1. The summed E-state index contributed by atoms with van der Waals surface area (Å²) in [7, 11) is 0. The van der Waals surface area contributed by atoms with Crippen molar-refractivity contribution in [3.05, 3.63) is 89.9 Å². The van der Waals surface area contributed by atoms with Crippen molar-refractivity contribution in [2.45, 2.75) is 23.9 Å². The molecule has 168 valence electrons. The number of aromatic nitrogens is 2. The Kier molecular flexibility index (Phi) is 6.69. The van der Waals surface area contributed by atoms with E-state index >= 15 is 0 Å². The normalized spacial score (nSPS) is 15.0. The van der Waals surface area contributed by atoms with E-state index in [1.54, 1.807) is 18.5 Å². The molecular weight excluding hydrogens is 432 g/mol. The molecule has 0 spiro atoms. The molecule has 7 heteroatoms. The molecular formula is C26H26N4O2S. The maximum atomic E-state index is 13.6. The van der Waals surface area contributed by atoms with Crippen molar-refractivity contribution in [2.24, 2.45) is 0 Å². The minimum atomic E-state index is -0.0302. The third-order valence-corrected chi connectivity index (χ3v) is 6.81. The Hall–Kier alpha value is -3.16. The van der Waals surface area contributed by atoms with Crippen molar-refractivity contribution in [3.63, 3.8) is 0 Å². The molecule has 33 heavy (non-hydrogen) atoms. The van der Waals surface area contributed by atoms with Crippen LogP contribution in [0.5, 0.6) is 0 Å². The zero-order valence-corrected chi connectivity index (χ0v) is 19.2. The maximum absolute atomic E-state index is 13.6. The van der Waals surface area contributed by atoms with E-state index in [0.29, 0.717) is 23.2 Å². The van der Waals surface area contributed by atoms with Crippen LogP contribution in [0, 0.1) is 0 Å². The molecule has 2 aromatic heterocycles. The number of hydrogen-bond acceptors (Lipinski definition) is 6. The quantitative estimate of drug-likeness (QED) is 0.304. The topological polar surface area (TPSA) is 62.5 Å². The van der Waals surface area contributed by atoms with E-state index in [-0.39, 0.29) is 5.91 Å². The molecule has 4 aromatic rings. The van der Waals surface area contributed by atoms with Crippen LogP contribution in [0.25, 0.3) is 11.0 Å². The minimum Gasteiger partial charge on any atom is -0.451 e. The number of para-hydroxylation sites is 1. The van der Waals surface area contributed by atoms with E-state index in [2.05, 4.69) is 39.1 Å². The molecule has 0 saturated carbocycles. The summed E-state index contributed by atoms with van der Waals surface area (Å²) in [6.45, 7) is 4.16. The molecule has 1 aliphatic heterocycles. The first-order valence-electron chi connectivity index (χ1n) is 11.2. The van der Waals surface area contributed by atoms with Crippen LogP contribution in [0.4, 0.5) is 0 Å². The molecule has 0 radical (unpaired) electrons. The van der Waals surface area contributed by atoms with Crippen molar-refractivity contribution in [2.75, 3.05) is 26.2 Å². The molecule has 1 aliphatic rings. The fourth-order valence-corrected chi connectivity index (χ4v) is 5.06. The number of benzene rings is 2. The fourth-order valence-electron chi connectivity index (χ4n) is 4.23. The van der Waals surface area contributed by atoms with Gasteiger partial charge in [0.2, 0.25) is 0 Å². The number of nitrogens with zero attached hydrogens (tertiary/aromatic N) is 4. The molecule has 3 heterocycles. The van der Waals surface area contributed by atoms with Gasteiger partial charge in [0.1, 0.15) is 5.58 Å². The van der Waals surface area contributed by atoms with Crippen molar-refractivity contribution >= 4 is 28.6 Å². The van der Waals surface area contributed by atoms with Gasteiger partial charge in [0.25, 0.3) is 5.91 Å². The van der Waals surface area contributed by atoms with Gasteiger partial charge in [0.15, 0.2) is 10.9 Å². The maximum Gasteiger partial charge on any atom is 0.289 e. The van der Waals surface area contributed by atoms with Crippen LogP contribution in [0.1, 0.15) is 28.1 Å². The molecule has 0 atom stereocenters. The van der Waals surface area contributed by atoms with Crippen LogP contribution >= 0.6 is 11.8 Å². The van der Waals surface area contributed by atoms with Gasteiger partial charge in [0.05, 0.1) is 0 Å². The highest BCUT2D eigenvalue weighted by atomic mass is 32.2. The van der Waals surface area contributed by atoms with Crippen LogP contribution in [-0.4, -0.2) is 51.9 Å². The van der Waals surface area contributed by atoms with E-state index in [0.717, 1.165) is 49.1 Å². The van der Waals surface area contributed by atoms with Gasteiger partial charge in [-0.15, -0.1) is 0 Å². The van der Waals surface area contributed by atoms with Crippen LogP contribution in [0.3, 0.4) is 0 Å². The smallest absolute Gasteiger partial charge is 0.289 e. The molecule has 0 unspecified atom stereocenters. The van der Waals surface area contributed by atoms with Crippen molar-refractivity contribution in [3.8, 4) is 0 Å². The third kappa shape index (κ3) is 5.10. The van der Waals surface area contributed by atoms with E-state index in [1.165, 1.54) is 17.3 Å². The minimum absolute atomic E-state index is 0.0302. The fraction of sp³-hybridized carbons (Fsp3) is 0.269. The Balaban J connectivity index is 1.33. The summed E-state index contributed by atoms with van der Waals surface area (Å²) >= 11 is 1.52. The third-order valence-electron chi connectivity index (χ3n) is 5.90. The van der Waals surface area contributed by atoms with E-state index < -0.39 is 0 Å². The first-order valence-corrected chi connectivity index (χ1v) is 12.2. The zero-order valence-electron chi connectivity index (χ0n) is 18.4. The van der Waals surface area contributed by atoms with Crippen molar-refractivity contribution in [1.82, 2.24) is 19.8 Å². The van der Waals surface area contributed by atoms with Crippen LogP contribution < -0.4 is 0 Å². The number of carbonyl (C=O) groups is 1. The first kappa shape index (κ1) is 21.7. The summed E-state index contributed by atoms with van der Waals surface area (Å²) in [5, 5.41) is 1.66. The molecule has 1 saturated heterocycles. The second-order valence-electron chi connectivity index (χ2n) is 8.13. The Morgan fingerprint density at radius 1 is 0.909 bits per heavy atom. The van der Waals surface area contributed by atoms with Gasteiger partial charge in [-0.1, -0.05) is 60.3 Å². The highest BCUT2D eigenvalue weighted by Gasteiger charge is 2.27. The molecule has 2 aromatic carbocycles. The predicted molar refractivity (Wildman–Crippen MR) is 130 cm³/mol. The Morgan fingerprint density at radius 3 is 2.55 bits per heavy atom. The monoisotopic (exact) mass is 458 g/mol. The van der Waals surface area contributed by atoms with Crippen LogP contribution in [0.2, 0.25) is 0 Å². The Morgan fingerprint density at radius 2 is 1.70 bits per heavy atom. The number of fused-ring (bicyclic) bond motifs is 1. The lowest BCUT2D eigenvalue weighted by molar-refractivity contribution is 0.0730. The van der Waals surface area contributed by atoms with E-state index in [4.69, 9.17) is 4.42 Å². The standard InChI is InChI=1S/C26H26N4O2S/c31-25(30-15-7-14-29(16-17-30)18-20-8-2-1-3-9-20)24-22(19-33-26-27-12-6-13-28-26)21-10-4-5-11-23(21)32-24/h1-6,8-13H,7,14-19H2. The second kappa shape index (κ2) is 10.2. The average molecular weight is 459 g/mol. The van der Waals surface area contributed by atoms with Crippen LogP contribution in [0.15, 0.2) is 82.6 Å². The van der Waals surface area contributed by atoms with Crippen LogP contribution in [-0.2, 0) is 12.3 Å². The number of thioether (sulfide) groups is 1. The molecule has 6 nitrogen and oxygen atoms in total. The van der Waals surface area contributed by atoms with Gasteiger partial charge in [-0.2, -0.15) is 0 Å². The Bertz CT molecular complexity index is 1210. The lowest BCUT2D eigenvalue weighted by Gasteiger charge is -2.21. The van der Waals surface area contributed by atoms with Gasteiger partial charge >= 0.3 is 0 Å². The summed E-state index contributed by atoms with van der Waals surface area (Å²) in [5.41, 5.74) is 2.96. The van der Waals surface area contributed by atoms with Gasteiger partial charge in [-0.3, -0.25) is 9.69 Å². The lowest BCUT2D eigenvalue weighted by Crippen LogP contribution is -2.35. The first-order chi connectivity index (χ1) is 16.3. The second-order valence-corrected chi connectivity index (χ2v) is 9.08. The molecule has 0 bridgehead atoms. The highest BCUT2D eigenvalue weighted by molar-refractivity contribution is 7.98. The summed E-state index contributed by atoms with van der Waals surface area (Å²) in [6, 6.07) is 20.1. The number of hydrogen-bond donors (Lipinski definition) is 0. The molecule has 1 fully saturated rings. The van der Waals surface area contributed by atoms with Crippen molar-refractivity contribution < 1.29 is 9.21 Å². The number of rotatable bonds is 6. The average Bonchev–Trinajstić information content (AvgIpc) is 3.07. The molecule has 5 rings (SSSR count). The largest absolute Gasteiger partial charge is 0.451 e. The van der Waals surface area contributed by atoms with Gasteiger partial charge in [0, 0.05) is 61.8 Å². The summed E-state index contributed by atoms with van der Waals surface area (Å²) in [5.74, 6) is 0.990. The Labute approximate surface area is 197 Å². The molecule has 1 amide bonds.